The fraction of sp³-hybridized carbons (Fsp3) is 0.304. The molecule has 29 heavy (non-hydrogen) atoms. The minimum Gasteiger partial charge on any atom is -0.488 e. The highest BCUT2D eigenvalue weighted by Crippen LogP contribution is 2.36. The van der Waals surface area contributed by atoms with Gasteiger partial charge in [0.1, 0.15) is 23.7 Å². The Kier molecular flexibility index (Phi) is 5.01. The van der Waals surface area contributed by atoms with E-state index in [0.717, 1.165) is 17.5 Å². The third-order valence-corrected chi connectivity index (χ3v) is 5.56. The summed E-state index contributed by atoms with van der Waals surface area (Å²) in [6, 6.07) is 12.9. The smallest absolute Gasteiger partial charge is 0.407 e. The molecule has 1 aliphatic rings. The Morgan fingerprint density at radius 1 is 1.17 bits per heavy atom. The molecule has 1 fully saturated rings. The molecule has 0 radical (unpaired) electrons. The number of rotatable bonds is 4. The average Bonchev–Trinajstić information content (AvgIpc) is 3.21. The normalized spacial score (nSPS) is 16.3. The van der Waals surface area contributed by atoms with Crippen LogP contribution in [0.25, 0.3) is 11.0 Å². The van der Waals surface area contributed by atoms with Crippen LogP contribution in [0.15, 0.2) is 51.7 Å². The zero-order valence-electron chi connectivity index (χ0n) is 16.5. The minimum atomic E-state index is -0.994. The van der Waals surface area contributed by atoms with Gasteiger partial charge >= 0.3 is 6.09 Å². The molecule has 6 nitrogen and oxygen atoms in total. The minimum absolute atomic E-state index is 0.129. The second-order valence-electron chi connectivity index (χ2n) is 7.39. The summed E-state index contributed by atoms with van der Waals surface area (Å²) in [6.45, 7) is 4.41. The predicted molar refractivity (Wildman–Crippen MR) is 109 cm³/mol. The zero-order chi connectivity index (χ0) is 20.5. The van der Waals surface area contributed by atoms with Crippen LogP contribution in [0.2, 0.25) is 0 Å². The van der Waals surface area contributed by atoms with Crippen LogP contribution in [0, 0.1) is 13.8 Å². The van der Waals surface area contributed by atoms with Crippen LogP contribution < -0.4 is 10.2 Å². The van der Waals surface area contributed by atoms with Gasteiger partial charge < -0.3 is 14.3 Å². The van der Waals surface area contributed by atoms with Crippen molar-refractivity contribution >= 4 is 17.1 Å². The molecule has 1 aliphatic heterocycles. The molecule has 0 unspecified atom stereocenters. The number of hydrogen-bond donors (Lipinski definition) is 1. The highest BCUT2D eigenvalue weighted by atomic mass is 16.5. The molecular formula is C23H23NO5. The molecule has 150 valence electrons. The Labute approximate surface area is 168 Å². The summed E-state index contributed by atoms with van der Waals surface area (Å²) in [7, 11) is 0. The Hall–Kier alpha value is -3.28. The van der Waals surface area contributed by atoms with Crippen LogP contribution in [0.4, 0.5) is 4.79 Å². The molecule has 0 saturated carbocycles. The van der Waals surface area contributed by atoms with Gasteiger partial charge in [-0.15, -0.1) is 0 Å². The van der Waals surface area contributed by atoms with Crippen LogP contribution in [-0.2, 0) is 6.61 Å². The van der Waals surface area contributed by atoms with Crippen LogP contribution in [0.1, 0.15) is 41.3 Å². The van der Waals surface area contributed by atoms with Gasteiger partial charge in [-0.3, -0.25) is 9.69 Å². The van der Waals surface area contributed by atoms with Gasteiger partial charge in [0.15, 0.2) is 5.43 Å². The van der Waals surface area contributed by atoms with Gasteiger partial charge in [-0.2, -0.15) is 0 Å². The summed E-state index contributed by atoms with van der Waals surface area (Å²) in [4.78, 5) is 25.9. The largest absolute Gasteiger partial charge is 0.488 e. The molecule has 4 rings (SSSR count). The summed E-state index contributed by atoms with van der Waals surface area (Å²) in [6.07, 6.45) is 0.397. The summed E-state index contributed by atoms with van der Waals surface area (Å²) in [5.41, 5.74) is 2.57. The van der Waals surface area contributed by atoms with Gasteiger partial charge in [0.25, 0.3) is 0 Å². The monoisotopic (exact) mass is 393 g/mol. The summed E-state index contributed by atoms with van der Waals surface area (Å²) in [5, 5.41) is 9.96. The number of aryl methyl sites for hydroxylation is 1. The second kappa shape index (κ2) is 7.62. The number of carbonyl (C=O) groups is 1. The van der Waals surface area contributed by atoms with Crippen LogP contribution >= 0.6 is 0 Å². The van der Waals surface area contributed by atoms with E-state index < -0.39 is 12.1 Å². The van der Waals surface area contributed by atoms with E-state index in [-0.39, 0.29) is 5.43 Å². The molecule has 1 N–H and O–H groups in total. The summed E-state index contributed by atoms with van der Waals surface area (Å²) < 4.78 is 12.1. The highest BCUT2D eigenvalue weighted by molar-refractivity contribution is 5.82. The molecule has 1 saturated heterocycles. The van der Waals surface area contributed by atoms with Gasteiger partial charge in [0.2, 0.25) is 0 Å². The molecular weight excluding hydrogens is 370 g/mol. The lowest BCUT2D eigenvalue weighted by Gasteiger charge is -2.22. The summed E-state index contributed by atoms with van der Waals surface area (Å²) in [5.74, 6) is 1.08. The average molecular weight is 393 g/mol. The topological polar surface area (TPSA) is 80.0 Å². The number of carboxylic acid groups (broad SMARTS) is 1. The van der Waals surface area contributed by atoms with E-state index in [1.54, 1.807) is 19.1 Å². The molecule has 3 aromatic rings. The van der Waals surface area contributed by atoms with E-state index in [1.807, 2.05) is 37.3 Å². The molecule has 2 heterocycles. The maximum Gasteiger partial charge on any atom is 0.407 e. The van der Waals surface area contributed by atoms with Crippen molar-refractivity contribution < 1.29 is 19.1 Å². The quantitative estimate of drug-likeness (QED) is 0.688. The first-order valence-electron chi connectivity index (χ1n) is 9.70. The third-order valence-electron chi connectivity index (χ3n) is 5.56. The first-order valence-corrected chi connectivity index (χ1v) is 9.70. The van der Waals surface area contributed by atoms with Crippen molar-refractivity contribution in [1.82, 2.24) is 4.90 Å². The van der Waals surface area contributed by atoms with Crippen molar-refractivity contribution in [3.8, 4) is 5.75 Å². The fourth-order valence-electron chi connectivity index (χ4n) is 3.96. The number of fused-ring (bicyclic) bond motifs is 1. The van der Waals surface area contributed by atoms with Crippen LogP contribution in [-0.4, -0.2) is 22.6 Å². The van der Waals surface area contributed by atoms with E-state index in [4.69, 9.17) is 9.15 Å². The molecule has 1 aromatic heterocycles. The standard InChI is InChI=1S/C23H23NO5/c1-14-19(28-13-16-7-4-3-5-8-16)11-10-17-20(25)15(2)22(29-21(14)17)18-9-6-12-24(18)23(26)27/h3-5,7-8,10-11,18H,6,9,12-13H2,1-2H3,(H,26,27)/t18-/m0/s1. The van der Waals surface area contributed by atoms with Gasteiger partial charge in [-0.25, -0.2) is 4.79 Å². The van der Waals surface area contributed by atoms with Crippen LogP contribution in [0.5, 0.6) is 5.75 Å². The first kappa shape index (κ1) is 19.1. The lowest BCUT2D eigenvalue weighted by molar-refractivity contribution is 0.135. The van der Waals surface area contributed by atoms with Gasteiger partial charge in [0, 0.05) is 17.7 Å². The lowest BCUT2D eigenvalue weighted by atomic mass is 10.0. The van der Waals surface area contributed by atoms with Crippen molar-refractivity contribution in [3.63, 3.8) is 0 Å². The van der Waals surface area contributed by atoms with Gasteiger partial charge in [0.05, 0.1) is 11.4 Å². The van der Waals surface area contributed by atoms with E-state index >= 15 is 0 Å². The Balaban J connectivity index is 1.75. The van der Waals surface area contributed by atoms with Crippen molar-refractivity contribution in [1.29, 1.82) is 0 Å². The molecule has 2 aromatic carbocycles. The lowest BCUT2D eigenvalue weighted by Crippen LogP contribution is -2.30. The Morgan fingerprint density at radius 2 is 1.93 bits per heavy atom. The molecule has 1 amide bonds. The van der Waals surface area contributed by atoms with Crippen molar-refractivity contribution in [2.45, 2.75) is 39.3 Å². The number of ether oxygens (including phenoxy) is 1. The molecule has 0 spiro atoms. The van der Waals surface area contributed by atoms with Gasteiger partial charge in [-0.1, -0.05) is 30.3 Å². The second-order valence-corrected chi connectivity index (χ2v) is 7.39. The van der Waals surface area contributed by atoms with E-state index in [2.05, 4.69) is 0 Å². The first-order chi connectivity index (χ1) is 14.0. The fourth-order valence-corrected chi connectivity index (χ4v) is 3.96. The van der Waals surface area contributed by atoms with Crippen LogP contribution in [0.3, 0.4) is 0 Å². The predicted octanol–water partition coefficient (Wildman–Crippen LogP) is 4.80. The van der Waals surface area contributed by atoms with Crippen molar-refractivity contribution in [3.05, 3.63) is 75.1 Å². The van der Waals surface area contributed by atoms with Crippen molar-refractivity contribution in [2.75, 3.05) is 6.54 Å². The number of hydrogen-bond acceptors (Lipinski definition) is 4. The Morgan fingerprint density at radius 3 is 2.66 bits per heavy atom. The molecule has 0 aliphatic carbocycles. The number of benzene rings is 2. The van der Waals surface area contributed by atoms with E-state index in [0.29, 0.717) is 47.6 Å². The number of amides is 1. The molecule has 1 atom stereocenters. The number of likely N-dealkylation sites (tertiary alicyclic amines) is 1. The van der Waals surface area contributed by atoms with Gasteiger partial charge in [-0.05, 0) is 44.4 Å². The number of nitrogens with zero attached hydrogens (tertiary/aromatic N) is 1. The summed E-state index contributed by atoms with van der Waals surface area (Å²) >= 11 is 0. The van der Waals surface area contributed by atoms with E-state index in [1.165, 1.54) is 4.90 Å². The Bertz CT molecular complexity index is 1120. The maximum absolute atomic E-state index is 13.0. The SMILES string of the molecule is Cc1c([C@@H]2CCCN2C(=O)O)oc2c(C)c(OCc3ccccc3)ccc2c1=O. The third kappa shape index (κ3) is 3.46. The zero-order valence-corrected chi connectivity index (χ0v) is 16.5. The van der Waals surface area contributed by atoms with Crippen molar-refractivity contribution in [2.24, 2.45) is 0 Å². The highest BCUT2D eigenvalue weighted by Gasteiger charge is 2.34. The maximum atomic E-state index is 13.0. The molecule has 6 heteroatoms. The molecule has 0 bridgehead atoms. The van der Waals surface area contributed by atoms with E-state index in [9.17, 15) is 14.7 Å².